The summed E-state index contributed by atoms with van der Waals surface area (Å²) in [5.41, 5.74) is 3.49. The second-order valence-electron chi connectivity index (χ2n) is 6.72. The lowest BCUT2D eigenvalue weighted by Crippen LogP contribution is -2.42. The lowest BCUT2D eigenvalue weighted by Gasteiger charge is -2.14. The van der Waals surface area contributed by atoms with E-state index in [0.717, 1.165) is 4.47 Å². The first-order valence-corrected chi connectivity index (χ1v) is 10.4. The Balaban J connectivity index is 1.98. The van der Waals surface area contributed by atoms with Crippen LogP contribution in [0.5, 0.6) is 0 Å². The lowest BCUT2D eigenvalue weighted by atomic mass is 10.2. The lowest BCUT2D eigenvalue weighted by molar-refractivity contribution is -0.137. The molecule has 0 aliphatic heterocycles. The largest absolute Gasteiger partial charge is 0.346 e. The molecule has 0 aliphatic rings. The van der Waals surface area contributed by atoms with Crippen LogP contribution >= 0.6 is 39.1 Å². The highest BCUT2D eigenvalue weighted by molar-refractivity contribution is 9.10. The van der Waals surface area contributed by atoms with E-state index in [1.807, 2.05) is 0 Å². The zero-order chi connectivity index (χ0) is 22.0. The molecule has 3 rings (SSSR count). The van der Waals surface area contributed by atoms with Crippen LogP contribution < -0.4 is 16.1 Å². The molecule has 2 aromatic carbocycles. The zero-order valence-corrected chi connectivity index (χ0v) is 19.0. The molecule has 3 N–H and O–H groups in total. The van der Waals surface area contributed by atoms with Gasteiger partial charge in [0.15, 0.2) is 0 Å². The fourth-order valence-corrected chi connectivity index (χ4v) is 3.57. The van der Waals surface area contributed by atoms with E-state index in [4.69, 9.17) is 23.2 Å². The normalized spacial score (nSPS) is 10.9. The van der Waals surface area contributed by atoms with E-state index < -0.39 is 17.7 Å². The van der Waals surface area contributed by atoms with Crippen LogP contribution in [-0.4, -0.2) is 28.4 Å². The van der Waals surface area contributed by atoms with Crippen molar-refractivity contribution in [2.75, 3.05) is 10.7 Å². The first-order chi connectivity index (χ1) is 14.2. The van der Waals surface area contributed by atoms with E-state index in [0.29, 0.717) is 21.6 Å². The Kier molecular flexibility index (Phi) is 6.70. The first-order valence-electron chi connectivity index (χ1n) is 8.85. The number of carbonyl (C=O) groups is 3. The monoisotopic (exact) mass is 510 g/mol. The Labute approximate surface area is 190 Å². The molecule has 1 heterocycles. The molecule has 10 heteroatoms. The number of hydrogen-bond acceptors (Lipinski definition) is 3. The number of nitrogens with one attached hydrogen (secondary N) is 3. The number of hydrogen-bond donors (Lipinski definition) is 3. The maximum absolute atomic E-state index is 13.0. The Bertz CT molecular complexity index is 1160. The Morgan fingerprint density at radius 2 is 1.73 bits per heavy atom. The number of halogens is 3. The van der Waals surface area contributed by atoms with Crippen LogP contribution in [0.15, 0.2) is 46.9 Å². The smallest absolute Gasteiger partial charge is 0.328 e. The van der Waals surface area contributed by atoms with Gasteiger partial charge in [-0.15, -0.1) is 0 Å². The van der Waals surface area contributed by atoms with Crippen LogP contribution in [0.1, 0.15) is 24.3 Å². The summed E-state index contributed by atoms with van der Waals surface area (Å²) >= 11 is 15.4. The summed E-state index contributed by atoms with van der Waals surface area (Å²) in [6.45, 7) is 3.48. The molecule has 3 aromatic rings. The van der Waals surface area contributed by atoms with Crippen LogP contribution in [-0.2, 0) is 9.59 Å². The summed E-state index contributed by atoms with van der Waals surface area (Å²) in [4.78, 5) is 37.4. The highest BCUT2D eigenvalue weighted by Gasteiger charge is 2.21. The molecule has 0 unspecified atom stereocenters. The Morgan fingerprint density at radius 1 is 1.00 bits per heavy atom. The Morgan fingerprint density at radius 3 is 2.40 bits per heavy atom. The maximum Gasteiger partial charge on any atom is 0.328 e. The van der Waals surface area contributed by atoms with E-state index >= 15 is 0 Å². The van der Waals surface area contributed by atoms with Crippen molar-refractivity contribution in [2.45, 2.75) is 19.9 Å². The molecule has 0 atom stereocenters. The summed E-state index contributed by atoms with van der Waals surface area (Å²) in [6, 6.07) is 11.3. The Hall–Kier alpha value is -2.55. The van der Waals surface area contributed by atoms with E-state index in [1.165, 1.54) is 10.7 Å². The van der Waals surface area contributed by atoms with E-state index in [2.05, 4.69) is 32.0 Å². The van der Waals surface area contributed by atoms with Gasteiger partial charge in [-0.1, -0.05) is 39.1 Å². The van der Waals surface area contributed by atoms with Gasteiger partial charge in [-0.25, -0.2) is 4.68 Å². The van der Waals surface area contributed by atoms with Gasteiger partial charge in [-0.2, -0.15) is 0 Å². The minimum Gasteiger partial charge on any atom is -0.346 e. The minimum atomic E-state index is -0.900. The van der Waals surface area contributed by atoms with Gasteiger partial charge in [0.2, 0.25) is 0 Å². The van der Waals surface area contributed by atoms with Crippen molar-refractivity contribution < 1.29 is 14.4 Å². The van der Waals surface area contributed by atoms with E-state index in [9.17, 15) is 14.4 Å². The van der Waals surface area contributed by atoms with Crippen molar-refractivity contribution in [2.24, 2.45) is 0 Å². The van der Waals surface area contributed by atoms with Gasteiger partial charge in [0.1, 0.15) is 5.69 Å². The number of benzene rings is 2. The standard InChI is InChI=1S/C20H17BrCl2N4O3/c1-10(2)24-19(29)20(30)26-27-16-6-3-12(21)7-11(16)8-17(27)18(28)25-15-5-4-13(22)9-14(15)23/h3-10H,1-2H3,(H,24,29)(H,25,28)(H,26,30). The number of aromatic nitrogens is 1. The number of fused-ring (bicyclic) bond motifs is 1. The predicted molar refractivity (Wildman–Crippen MR) is 122 cm³/mol. The van der Waals surface area contributed by atoms with Crippen molar-refractivity contribution in [1.82, 2.24) is 9.99 Å². The minimum absolute atomic E-state index is 0.111. The average molecular weight is 512 g/mol. The van der Waals surface area contributed by atoms with Crippen LogP contribution in [0.25, 0.3) is 10.9 Å². The van der Waals surface area contributed by atoms with Crippen molar-refractivity contribution in [1.29, 1.82) is 0 Å². The van der Waals surface area contributed by atoms with Gasteiger partial charge < -0.3 is 10.6 Å². The first kappa shape index (κ1) is 22.1. The second-order valence-corrected chi connectivity index (χ2v) is 8.47. The van der Waals surface area contributed by atoms with Crippen molar-refractivity contribution in [3.05, 3.63) is 62.7 Å². The van der Waals surface area contributed by atoms with Crippen molar-refractivity contribution >= 4 is 73.4 Å². The molecule has 0 bridgehead atoms. The molecule has 156 valence electrons. The molecule has 0 saturated carbocycles. The molecule has 7 nitrogen and oxygen atoms in total. The van der Waals surface area contributed by atoms with Crippen LogP contribution in [0, 0.1) is 0 Å². The molecule has 0 saturated heterocycles. The quantitative estimate of drug-likeness (QED) is 0.448. The predicted octanol–water partition coefficient (Wildman–Crippen LogP) is 4.56. The number of nitrogens with zero attached hydrogens (tertiary/aromatic N) is 1. The third-order valence-corrected chi connectivity index (χ3v) is 5.06. The molecule has 0 spiro atoms. The summed E-state index contributed by atoms with van der Waals surface area (Å²) in [7, 11) is 0. The maximum atomic E-state index is 13.0. The summed E-state index contributed by atoms with van der Waals surface area (Å²) < 4.78 is 2.06. The van der Waals surface area contributed by atoms with Crippen LogP contribution in [0.2, 0.25) is 10.0 Å². The van der Waals surface area contributed by atoms with E-state index in [1.54, 1.807) is 50.2 Å². The number of anilines is 1. The van der Waals surface area contributed by atoms with E-state index in [-0.39, 0.29) is 16.8 Å². The van der Waals surface area contributed by atoms with Gasteiger partial charge in [0, 0.05) is 20.9 Å². The molecule has 0 radical (unpaired) electrons. The van der Waals surface area contributed by atoms with Gasteiger partial charge in [0.05, 0.1) is 16.2 Å². The van der Waals surface area contributed by atoms with Crippen molar-refractivity contribution in [3.63, 3.8) is 0 Å². The van der Waals surface area contributed by atoms with Crippen LogP contribution in [0.4, 0.5) is 5.69 Å². The molecule has 0 aliphatic carbocycles. The zero-order valence-electron chi connectivity index (χ0n) is 15.9. The summed E-state index contributed by atoms with van der Waals surface area (Å²) in [5.74, 6) is -2.24. The number of rotatable bonds is 4. The molecular formula is C20H17BrCl2N4O3. The van der Waals surface area contributed by atoms with Gasteiger partial charge in [0.25, 0.3) is 5.91 Å². The number of amides is 3. The molecule has 1 aromatic heterocycles. The topological polar surface area (TPSA) is 92.2 Å². The highest BCUT2D eigenvalue weighted by atomic mass is 79.9. The average Bonchev–Trinajstić information content (AvgIpc) is 3.01. The molecule has 0 fully saturated rings. The fourth-order valence-electron chi connectivity index (χ4n) is 2.73. The SMILES string of the molecule is CC(C)NC(=O)C(=O)Nn1c(C(=O)Nc2ccc(Cl)cc2Cl)cc2cc(Br)ccc21. The second kappa shape index (κ2) is 9.07. The van der Waals surface area contributed by atoms with Gasteiger partial charge in [-0.05, 0) is 56.3 Å². The molecule has 3 amide bonds. The van der Waals surface area contributed by atoms with Crippen LogP contribution in [0.3, 0.4) is 0 Å². The summed E-state index contributed by atoms with van der Waals surface area (Å²) in [5, 5.41) is 6.58. The highest BCUT2D eigenvalue weighted by Crippen LogP contribution is 2.27. The third kappa shape index (κ3) is 4.95. The third-order valence-electron chi connectivity index (χ3n) is 4.01. The van der Waals surface area contributed by atoms with Crippen molar-refractivity contribution in [3.8, 4) is 0 Å². The number of carbonyl (C=O) groups excluding carboxylic acids is 3. The molecule has 30 heavy (non-hydrogen) atoms. The van der Waals surface area contributed by atoms with Gasteiger partial charge in [-0.3, -0.25) is 19.8 Å². The molecular weight excluding hydrogens is 495 g/mol. The van der Waals surface area contributed by atoms with Gasteiger partial charge >= 0.3 is 11.8 Å². The fraction of sp³-hybridized carbons (Fsp3) is 0.150. The summed E-state index contributed by atoms with van der Waals surface area (Å²) in [6.07, 6.45) is 0.